The van der Waals surface area contributed by atoms with Crippen molar-refractivity contribution in [2.75, 3.05) is 0 Å². The van der Waals surface area contributed by atoms with Gasteiger partial charge in [0.1, 0.15) is 0 Å². The normalized spacial score (nSPS) is 16.1. The predicted octanol–water partition coefficient (Wildman–Crippen LogP) is 1.76. The number of carbonyl (C=O) groups excluding carboxylic acids is 3. The first-order valence-electron chi connectivity index (χ1n) is 8.41. The van der Waals surface area contributed by atoms with E-state index in [4.69, 9.17) is 11.4 Å². The molecule has 3 aliphatic rings. The van der Waals surface area contributed by atoms with Crippen molar-refractivity contribution < 1.29 is 25.7 Å². The second-order valence-electron chi connectivity index (χ2n) is 5.60. The van der Waals surface area contributed by atoms with E-state index in [0.29, 0.717) is 0 Å². The zero-order valence-electron chi connectivity index (χ0n) is 14.7. The molecule has 3 heterocycles. The quantitative estimate of drug-likeness (QED) is 0.452. The molecule has 10 heteroatoms. The first-order chi connectivity index (χ1) is 13.6. The van der Waals surface area contributed by atoms with Gasteiger partial charge >= 0.3 is 181 Å². The molecule has 6 nitrogen and oxygen atoms in total. The van der Waals surface area contributed by atoms with Gasteiger partial charge in [-0.15, -0.1) is 0 Å². The molecule has 0 N–H and O–H groups in total. The van der Waals surface area contributed by atoms with Crippen LogP contribution in [0, 0.1) is 0 Å². The molecule has 0 aliphatic carbocycles. The Hall–Kier alpha value is -1.38. The topological polar surface area (TPSA) is 78.9 Å². The van der Waals surface area contributed by atoms with Crippen LogP contribution >= 0.6 is 0 Å². The van der Waals surface area contributed by atoms with Crippen molar-refractivity contribution in [3.63, 3.8) is 0 Å². The maximum absolute atomic E-state index is 12.5. The molecule has 0 atom stereocenters. The number of carbonyl (C=O) groups is 3. The van der Waals surface area contributed by atoms with Gasteiger partial charge in [-0.1, -0.05) is 0 Å². The molecule has 0 fully saturated rings. The molecule has 0 spiro atoms. The number of hydrogen-bond donors (Lipinski definition) is 0. The van der Waals surface area contributed by atoms with Gasteiger partial charge in [0.05, 0.1) is 0 Å². The summed E-state index contributed by atoms with van der Waals surface area (Å²) >= 11 is -10.4. The second kappa shape index (κ2) is 11.0. The molecule has 3 aliphatic heterocycles. The van der Waals surface area contributed by atoms with Gasteiger partial charge in [-0.05, 0) is 0 Å². The molecule has 0 bridgehead atoms. The summed E-state index contributed by atoms with van der Waals surface area (Å²) < 4.78 is 16.3. The van der Waals surface area contributed by atoms with Crippen LogP contribution in [0.25, 0.3) is 0 Å². The average molecular weight is 572 g/mol. The van der Waals surface area contributed by atoms with Crippen LogP contribution in [0.1, 0.15) is 0 Å². The van der Waals surface area contributed by atoms with Crippen LogP contribution in [-0.4, -0.2) is 85.8 Å². The molecule has 0 aromatic heterocycles. The van der Waals surface area contributed by atoms with Crippen LogP contribution in [0.5, 0.6) is 0 Å². The summed E-state index contributed by atoms with van der Waals surface area (Å²) in [5, 5.41) is 0. The third kappa shape index (κ3) is 6.32. The van der Waals surface area contributed by atoms with Crippen LogP contribution in [0.3, 0.4) is 0 Å². The molecule has 0 unspecified atom stereocenters. The van der Waals surface area contributed by atoms with E-state index in [0.717, 1.165) is 0 Å². The van der Waals surface area contributed by atoms with Gasteiger partial charge in [-0.2, -0.15) is 0 Å². The fraction of sp³-hybridized carbons (Fsp3) is 0. The molecule has 0 amide bonds. The van der Waals surface area contributed by atoms with Crippen molar-refractivity contribution >= 4 is 85.8 Å². The molecule has 3 rings (SSSR count). The Morgan fingerprint density at radius 1 is 0.500 bits per heavy atom. The van der Waals surface area contributed by atoms with Crippen molar-refractivity contribution in [3.05, 3.63) is 69.4 Å². The summed E-state index contributed by atoms with van der Waals surface area (Å²) in [6.45, 7) is 0. The molecule has 28 heavy (non-hydrogen) atoms. The van der Waals surface area contributed by atoms with E-state index in [1.54, 1.807) is 36.5 Å². The zero-order valence-corrected chi connectivity index (χ0v) is 22.1. The monoisotopic (exact) mass is 576 g/mol. The average Bonchev–Trinajstić information content (AvgIpc) is 2.75. The van der Waals surface area contributed by atoms with Gasteiger partial charge < -0.3 is 0 Å². The number of rotatable bonds is 6. The molecule has 0 saturated heterocycles. The SMILES string of the molecule is O=[C]([O][Al]([O][C](=O)[Ge]1=[CH]C=CC=[CH]1)[O][C](=O)[Ge]1=[CH]C=CC=[CH]1)[Ge]1=[CH]C=CC=[CH]1. The Kier molecular flexibility index (Phi) is 8.36. The Balaban J connectivity index is 1.72. The first-order valence-corrected chi connectivity index (χ1v) is 20.2. The van der Waals surface area contributed by atoms with Crippen molar-refractivity contribution in [3.8, 4) is 0 Å². The van der Waals surface area contributed by atoms with E-state index in [-0.39, 0.29) is 0 Å². The Labute approximate surface area is 179 Å². The maximum atomic E-state index is 12.5. The minimum absolute atomic E-state index is 0.431. The second-order valence-corrected chi connectivity index (χ2v) is 19.4. The summed E-state index contributed by atoms with van der Waals surface area (Å²) in [6.07, 6.45) is 16.3. The Morgan fingerprint density at radius 2 is 0.821 bits per heavy atom. The molecule has 0 radical (unpaired) electrons. The summed E-state index contributed by atoms with van der Waals surface area (Å²) in [7, 11) is 0. The van der Waals surface area contributed by atoms with Crippen LogP contribution in [0.4, 0.5) is 14.4 Å². The van der Waals surface area contributed by atoms with E-state index < -0.39 is 71.3 Å². The first kappa shape index (κ1) is 21.3. The van der Waals surface area contributed by atoms with Gasteiger partial charge in [-0.3, -0.25) is 0 Å². The van der Waals surface area contributed by atoms with E-state index in [2.05, 4.69) is 0 Å². The molecule has 0 saturated carbocycles. The summed E-state index contributed by atoms with van der Waals surface area (Å²) in [5.74, 6) is 0. The molecule has 138 valence electrons. The van der Waals surface area contributed by atoms with Crippen molar-refractivity contribution in [2.45, 2.75) is 0 Å². The Bertz CT molecular complexity index is 842. The van der Waals surface area contributed by atoms with E-state index >= 15 is 0 Å². The fourth-order valence-corrected chi connectivity index (χ4v) is 14.1. The van der Waals surface area contributed by atoms with Crippen LogP contribution in [-0.2, 0) is 11.4 Å². The van der Waals surface area contributed by atoms with Crippen molar-refractivity contribution in [2.24, 2.45) is 0 Å². The number of hydrogen-bond acceptors (Lipinski definition) is 6. The van der Waals surface area contributed by atoms with E-state index in [9.17, 15) is 14.4 Å². The van der Waals surface area contributed by atoms with Crippen molar-refractivity contribution in [1.29, 1.82) is 0 Å². The number of allylic oxidation sites excluding steroid dienone is 9. The van der Waals surface area contributed by atoms with Gasteiger partial charge in [-0.25, -0.2) is 0 Å². The standard InChI is InChI=1S/3C6H6GeO2.Al/c3*8-6(9)7-4-2-1-3-5-7;/h3*1-5H,(H,8,9);/q;;;+3/p-3. The fourth-order valence-electron chi connectivity index (χ4n) is 2.26. The van der Waals surface area contributed by atoms with Gasteiger partial charge in [0.15, 0.2) is 0 Å². The van der Waals surface area contributed by atoms with Crippen LogP contribution < -0.4 is 0 Å². The van der Waals surface area contributed by atoms with Crippen LogP contribution in [0.2, 0.25) is 0 Å². The predicted molar refractivity (Wildman–Crippen MR) is 115 cm³/mol. The van der Waals surface area contributed by atoms with Crippen molar-refractivity contribution in [1.82, 2.24) is 0 Å². The third-order valence-electron chi connectivity index (χ3n) is 3.64. The summed E-state index contributed by atoms with van der Waals surface area (Å²) in [4.78, 5) is 47.1. The molecular formula is C18H15AlGe3O6. The summed E-state index contributed by atoms with van der Waals surface area (Å²) in [6, 6.07) is 0. The molecule has 0 aromatic carbocycles. The van der Waals surface area contributed by atoms with Gasteiger partial charge in [0.2, 0.25) is 0 Å². The minimum atomic E-state index is -3.28. The summed E-state index contributed by atoms with van der Waals surface area (Å²) in [5.41, 5.74) is 0. The van der Waals surface area contributed by atoms with E-state index in [1.807, 2.05) is 47.5 Å². The van der Waals surface area contributed by atoms with E-state index in [1.165, 1.54) is 0 Å². The van der Waals surface area contributed by atoms with Gasteiger partial charge in [0.25, 0.3) is 0 Å². The Morgan fingerprint density at radius 3 is 1.07 bits per heavy atom. The third-order valence-corrected chi connectivity index (χ3v) is 17.0. The molecular weight excluding hydrogens is 557 g/mol. The van der Waals surface area contributed by atoms with Gasteiger partial charge in [0, 0.05) is 0 Å². The molecule has 0 aromatic rings. The van der Waals surface area contributed by atoms with Crippen LogP contribution in [0.15, 0.2) is 69.4 Å². The zero-order chi connectivity index (χ0) is 19.8.